The molecule has 5 N–H and O–H groups in total. The van der Waals surface area contributed by atoms with Crippen molar-refractivity contribution in [1.82, 2.24) is 55.0 Å². The van der Waals surface area contributed by atoms with E-state index >= 15 is 0 Å². The zero-order valence-electron chi connectivity index (χ0n) is 46.8. The second kappa shape index (κ2) is 25.6. The number of piperazine rings is 2. The van der Waals surface area contributed by atoms with Gasteiger partial charge in [-0.1, -0.05) is 55.1 Å². The van der Waals surface area contributed by atoms with Crippen LogP contribution in [0.3, 0.4) is 0 Å². The number of piperidine rings is 3. The van der Waals surface area contributed by atoms with Crippen LogP contribution in [0, 0.1) is 17.8 Å². The number of benzene rings is 2. The molecule has 7 heterocycles. The number of rotatable bonds is 17. The molecule has 11 rings (SSSR count). The lowest BCUT2D eigenvalue weighted by Gasteiger charge is -2.41. The number of fused-ring (bicyclic) bond motifs is 1. The maximum Gasteiger partial charge on any atom is 0.251 e. The number of likely N-dealkylation sites (tertiary alicyclic amines) is 2. The number of nitrogens with two attached hydrogens (primary N) is 1. The number of nitrogens with one attached hydrogen (secondary N) is 3. The summed E-state index contributed by atoms with van der Waals surface area (Å²) in [5, 5.41) is 8.20. The molecule has 80 heavy (non-hydrogen) atoms. The molecule has 18 nitrogen and oxygen atoms in total. The SMILES string of the molecule is NC1(C(=O)N[C@@H](CCN2CCN(C(=O)CN3CCC(CN4CCN(C(=O)[C@H](NC(=O)c5cccc(C6CCCN(C(=O)C7CC7)C6)c5)C5CCCCC5)CC4)CC3)CC2)c2ccc(Cl)cc2)CCN(c2ncnc3[nH]ccc23)CC1. The van der Waals surface area contributed by atoms with Crippen LogP contribution in [0.2, 0.25) is 5.02 Å². The van der Waals surface area contributed by atoms with Crippen molar-refractivity contribution >= 4 is 58.0 Å². The van der Waals surface area contributed by atoms with Gasteiger partial charge in [-0.05, 0) is 137 Å². The molecule has 0 spiro atoms. The number of hydrogen-bond donors (Lipinski definition) is 4. The lowest BCUT2D eigenvalue weighted by Crippen LogP contribution is -2.60. The first kappa shape index (κ1) is 56.2. The van der Waals surface area contributed by atoms with Crippen LogP contribution in [0.1, 0.15) is 123 Å². The quantitative estimate of drug-likeness (QED) is 0.102. The second-order valence-corrected chi connectivity index (χ2v) is 24.8. The number of nitrogens with zero attached hydrogens (tertiary/aromatic N) is 9. The van der Waals surface area contributed by atoms with Gasteiger partial charge < -0.3 is 41.0 Å². The van der Waals surface area contributed by atoms with Crippen molar-refractivity contribution in [2.24, 2.45) is 23.5 Å². The van der Waals surface area contributed by atoms with Gasteiger partial charge in [0.05, 0.1) is 23.5 Å². The van der Waals surface area contributed by atoms with Crippen LogP contribution in [0.15, 0.2) is 67.1 Å². The van der Waals surface area contributed by atoms with Crippen molar-refractivity contribution in [2.75, 3.05) is 116 Å². The minimum absolute atomic E-state index is 0.0539. The number of H-pyrrole nitrogens is 1. The number of amides is 5. The zero-order valence-corrected chi connectivity index (χ0v) is 47.5. The maximum absolute atomic E-state index is 14.4. The highest BCUT2D eigenvalue weighted by molar-refractivity contribution is 6.30. The second-order valence-electron chi connectivity index (χ2n) is 24.4. The van der Waals surface area contributed by atoms with Crippen LogP contribution in [-0.2, 0) is 19.2 Å². The number of aromatic amines is 1. The first-order valence-electron chi connectivity index (χ1n) is 30.2. The third-order valence-electron chi connectivity index (χ3n) is 19.0. The summed E-state index contributed by atoms with van der Waals surface area (Å²) in [4.78, 5) is 96.6. The molecular weight excluding hydrogens is 1030 g/mol. The largest absolute Gasteiger partial charge is 0.356 e. The van der Waals surface area contributed by atoms with E-state index in [1.165, 1.54) is 6.42 Å². The van der Waals surface area contributed by atoms with E-state index in [2.05, 4.69) is 51.3 Å². The van der Waals surface area contributed by atoms with Gasteiger partial charge in [-0.3, -0.25) is 38.7 Å². The van der Waals surface area contributed by atoms with E-state index in [-0.39, 0.29) is 47.4 Å². The molecule has 5 aliphatic heterocycles. The Morgan fingerprint density at radius 2 is 1.44 bits per heavy atom. The number of anilines is 1. The van der Waals surface area contributed by atoms with Crippen LogP contribution >= 0.6 is 11.6 Å². The molecule has 430 valence electrons. The zero-order chi connectivity index (χ0) is 55.2. The predicted molar refractivity (Wildman–Crippen MR) is 310 cm³/mol. The number of halogens is 1. The van der Waals surface area contributed by atoms with Crippen molar-refractivity contribution in [3.63, 3.8) is 0 Å². The minimum atomic E-state index is -1.01. The fourth-order valence-electron chi connectivity index (χ4n) is 13.7. The van der Waals surface area contributed by atoms with Crippen LogP contribution < -0.4 is 21.3 Å². The third kappa shape index (κ3) is 13.6. The van der Waals surface area contributed by atoms with Crippen molar-refractivity contribution < 1.29 is 24.0 Å². The molecule has 7 aliphatic rings. The third-order valence-corrected chi connectivity index (χ3v) is 19.2. The average Bonchev–Trinajstić information content (AvgIpc) is 4.26. The van der Waals surface area contributed by atoms with Crippen molar-refractivity contribution in [2.45, 2.75) is 113 Å². The summed E-state index contributed by atoms with van der Waals surface area (Å²) in [7, 11) is 0. The van der Waals surface area contributed by atoms with Gasteiger partial charge in [0.2, 0.25) is 23.6 Å². The summed E-state index contributed by atoms with van der Waals surface area (Å²) in [5.41, 5.74) is 9.34. The first-order chi connectivity index (χ1) is 38.9. The fourth-order valence-corrected chi connectivity index (χ4v) is 13.8. The average molecular weight is 1110 g/mol. The molecule has 4 aromatic rings. The standard InChI is InChI=1S/C61H84ClN13O5/c62-50-15-13-44(14-16-50)52(67-60(80)61(63)21-28-73(29-22-61)56-51-17-23-64-55(51)65-42-66-56)20-27-69-30-34-72(35-31-69)53(76)41-70-25-18-43(19-26-70)39-71-32-36-74(37-33-71)59(79)54(45-6-2-1-3-7-45)68-57(77)48-9-4-8-47(38-48)49-10-5-24-75(40-49)58(78)46-11-12-46/h4,8-9,13-17,23,38,42-43,45-46,49,52,54H,1-3,5-7,10-12,18-22,24-37,39-41,63H2,(H,67,80)(H,68,77)(H,64,65,66)/t49?,52-,54+/m0/s1. The molecule has 7 fully saturated rings. The lowest BCUT2D eigenvalue weighted by molar-refractivity contribution is -0.137. The van der Waals surface area contributed by atoms with Crippen molar-refractivity contribution in [3.8, 4) is 0 Å². The Kier molecular flexibility index (Phi) is 18.0. The van der Waals surface area contributed by atoms with Gasteiger partial charge in [0.25, 0.3) is 5.91 Å². The van der Waals surface area contributed by atoms with Gasteiger partial charge in [-0.2, -0.15) is 0 Å². The maximum atomic E-state index is 14.4. The number of hydrogen-bond acceptors (Lipinski definition) is 12. The van der Waals surface area contributed by atoms with Gasteiger partial charge >= 0.3 is 0 Å². The van der Waals surface area contributed by atoms with E-state index in [1.807, 2.05) is 69.4 Å². The molecule has 2 aromatic carbocycles. The van der Waals surface area contributed by atoms with Crippen LogP contribution in [-0.4, -0.2) is 197 Å². The molecule has 0 bridgehead atoms. The summed E-state index contributed by atoms with van der Waals surface area (Å²) in [6, 6.07) is 16.8. The van der Waals surface area contributed by atoms with E-state index in [1.54, 1.807) is 6.33 Å². The highest BCUT2D eigenvalue weighted by Crippen LogP contribution is 2.36. The van der Waals surface area contributed by atoms with Crippen molar-refractivity contribution in [3.05, 3.63) is 88.8 Å². The molecule has 2 saturated carbocycles. The fraction of sp³-hybridized carbons (Fsp3) is 0.623. The Balaban J connectivity index is 0.598. The number of carbonyl (C=O) groups excluding carboxylic acids is 5. The molecule has 2 aliphatic carbocycles. The molecule has 2 aromatic heterocycles. The predicted octanol–water partition coefficient (Wildman–Crippen LogP) is 5.65. The molecule has 5 saturated heterocycles. The van der Waals surface area contributed by atoms with E-state index in [9.17, 15) is 24.0 Å². The summed E-state index contributed by atoms with van der Waals surface area (Å²) >= 11 is 6.30. The summed E-state index contributed by atoms with van der Waals surface area (Å²) < 4.78 is 0. The van der Waals surface area contributed by atoms with Gasteiger partial charge in [0.1, 0.15) is 23.8 Å². The molecule has 3 atom stereocenters. The minimum Gasteiger partial charge on any atom is -0.356 e. The first-order valence-corrected chi connectivity index (χ1v) is 30.6. The monoisotopic (exact) mass is 1110 g/mol. The van der Waals surface area contributed by atoms with E-state index in [4.69, 9.17) is 17.3 Å². The van der Waals surface area contributed by atoms with Gasteiger partial charge in [-0.15, -0.1) is 0 Å². The highest BCUT2D eigenvalue weighted by atomic mass is 35.5. The Labute approximate surface area is 476 Å². The lowest BCUT2D eigenvalue weighted by atomic mass is 9.83. The topological polar surface area (TPSA) is 200 Å². The van der Waals surface area contributed by atoms with E-state index in [0.717, 1.165) is 151 Å². The number of carbonyl (C=O) groups is 5. The van der Waals surface area contributed by atoms with E-state index < -0.39 is 11.6 Å². The van der Waals surface area contributed by atoms with Crippen LogP contribution in [0.4, 0.5) is 5.82 Å². The Morgan fingerprint density at radius 3 is 2.17 bits per heavy atom. The Bertz CT molecular complexity index is 2770. The molecule has 19 heteroatoms. The highest BCUT2D eigenvalue weighted by Gasteiger charge is 2.41. The summed E-state index contributed by atoms with van der Waals surface area (Å²) in [5.74, 6) is 2.15. The molecule has 1 unspecified atom stereocenters. The molecule has 0 radical (unpaired) electrons. The molecular formula is C61H84ClN13O5. The number of aromatic nitrogens is 3. The van der Waals surface area contributed by atoms with Gasteiger partial charge in [0.15, 0.2) is 0 Å². The van der Waals surface area contributed by atoms with Gasteiger partial charge in [0, 0.05) is 120 Å². The normalized spacial score (nSPS) is 22.9. The molecule has 5 amide bonds. The van der Waals surface area contributed by atoms with Gasteiger partial charge in [-0.25, -0.2) is 9.97 Å². The smallest absolute Gasteiger partial charge is 0.251 e. The van der Waals surface area contributed by atoms with E-state index in [0.29, 0.717) is 94.0 Å². The summed E-state index contributed by atoms with van der Waals surface area (Å²) in [6.07, 6.45) is 16.4. The Hall–Kier alpha value is -5.66. The van der Waals surface area contributed by atoms with Crippen molar-refractivity contribution in [1.29, 1.82) is 0 Å². The van der Waals surface area contributed by atoms with Crippen LogP contribution in [0.5, 0.6) is 0 Å². The van der Waals surface area contributed by atoms with Crippen LogP contribution in [0.25, 0.3) is 11.0 Å². The Morgan fingerprint density at radius 1 is 0.713 bits per heavy atom. The summed E-state index contributed by atoms with van der Waals surface area (Å²) in [6.45, 7) is 12.6.